The lowest BCUT2D eigenvalue weighted by Crippen LogP contribution is -2.13. The van der Waals surface area contributed by atoms with Gasteiger partial charge in [0.1, 0.15) is 0 Å². The molecule has 9 aromatic rings. The normalized spacial score (nSPS) is 11.1. The van der Waals surface area contributed by atoms with Gasteiger partial charge in [0.2, 0.25) is 0 Å². The lowest BCUT2D eigenvalue weighted by atomic mass is 10.1. The molecule has 0 saturated heterocycles. The number of para-hydroxylation sites is 5. The lowest BCUT2D eigenvalue weighted by molar-refractivity contribution is 1.18. The van der Waals surface area contributed by atoms with Crippen LogP contribution in [0.1, 0.15) is 0 Å². The van der Waals surface area contributed by atoms with Crippen LogP contribution in [0.15, 0.2) is 212 Å². The molecular weight excluding hydrogens is 633 g/mol. The Hall–Kier alpha value is -7.04. The van der Waals surface area contributed by atoms with Gasteiger partial charge < -0.3 is 19.7 Å². The van der Waals surface area contributed by atoms with E-state index in [0.717, 1.165) is 56.7 Å². The van der Waals surface area contributed by atoms with E-state index in [1.807, 2.05) is 6.07 Å². The Kier molecular flexibility index (Phi) is 8.16. The van der Waals surface area contributed by atoms with Crippen molar-refractivity contribution in [3.05, 3.63) is 212 Å². The highest BCUT2D eigenvalue weighted by atomic mass is 15.2. The molecular formula is C48H36N4. The fourth-order valence-electron chi connectivity index (χ4n) is 7.18. The minimum absolute atomic E-state index is 1.01. The third-order valence-corrected chi connectivity index (χ3v) is 9.47. The number of aromatic nitrogens is 1. The molecule has 52 heavy (non-hydrogen) atoms. The van der Waals surface area contributed by atoms with Crippen LogP contribution in [0, 0.1) is 0 Å². The maximum Gasteiger partial charge on any atom is 0.0561 e. The number of fused-ring (bicyclic) bond motifs is 3. The molecule has 9 rings (SSSR count). The second kappa shape index (κ2) is 13.7. The van der Waals surface area contributed by atoms with Gasteiger partial charge in [-0.1, -0.05) is 109 Å². The standard InChI is InChI=1S/C48H36N4/c1-5-17-36(18-6-1)49-37-19-15-26-41(33-37)51(43-28-16-27-42(34-43)50(38-20-7-2-8-21-38)39-22-9-3-10-23-39)44-31-32-46-45-29-13-14-30-47(45)52(48(46)35-44)40-24-11-4-12-25-40/h1-35,49H. The van der Waals surface area contributed by atoms with E-state index < -0.39 is 0 Å². The molecule has 4 heteroatoms. The van der Waals surface area contributed by atoms with Crippen LogP contribution < -0.4 is 15.1 Å². The average Bonchev–Trinajstić information content (AvgIpc) is 3.54. The maximum absolute atomic E-state index is 3.61. The number of nitrogens with zero attached hydrogens (tertiary/aromatic N) is 3. The fourth-order valence-corrected chi connectivity index (χ4v) is 7.18. The highest BCUT2D eigenvalue weighted by molar-refractivity contribution is 6.10. The molecule has 8 aromatic carbocycles. The van der Waals surface area contributed by atoms with Gasteiger partial charge in [0.15, 0.2) is 0 Å². The SMILES string of the molecule is c1ccc(Nc2cccc(N(c3cccc(N(c4ccccc4)c4ccccc4)c3)c3ccc4c5ccccc5n(-c5ccccc5)c4c3)c2)cc1. The molecule has 0 aliphatic carbocycles. The molecule has 248 valence electrons. The van der Waals surface area contributed by atoms with Crippen molar-refractivity contribution in [2.24, 2.45) is 0 Å². The molecule has 0 aliphatic heterocycles. The van der Waals surface area contributed by atoms with Crippen molar-refractivity contribution in [2.45, 2.75) is 0 Å². The summed E-state index contributed by atoms with van der Waals surface area (Å²) in [5.74, 6) is 0. The third-order valence-electron chi connectivity index (χ3n) is 9.47. The first-order valence-corrected chi connectivity index (χ1v) is 17.6. The van der Waals surface area contributed by atoms with Gasteiger partial charge in [-0.15, -0.1) is 0 Å². The molecule has 0 radical (unpaired) electrons. The molecule has 0 atom stereocenters. The minimum Gasteiger partial charge on any atom is -0.355 e. The third kappa shape index (κ3) is 5.93. The van der Waals surface area contributed by atoms with Gasteiger partial charge in [-0.2, -0.15) is 0 Å². The Morgan fingerprint density at radius 3 is 1.44 bits per heavy atom. The Balaban J connectivity index is 1.25. The van der Waals surface area contributed by atoms with E-state index in [0.29, 0.717) is 0 Å². The molecule has 0 fully saturated rings. The zero-order chi connectivity index (χ0) is 34.7. The quantitative estimate of drug-likeness (QED) is 0.166. The number of rotatable bonds is 9. The van der Waals surface area contributed by atoms with Crippen molar-refractivity contribution in [3.8, 4) is 5.69 Å². The van der Waals surface area contributed by atoms with Gasteiger partial charge >= 0.3 is 0 Å². The average molecular weight is 669 g/mol. The minimum atomic E-state index is 1.01. The summed E-state index contributed by atoms with van der Waals surface area (Å²) in [6.07, 6.45) is 0. The summed E-state index contributed by atoms with van der Waals surface area (Å²) in [4.78, 5) is 4.67. The summed E-state index contributed by atoms with van der Waals surface area (Å²) >= 11 is 0. The fraction of sp³-hybridized carbons (Fsp3) is 0. The molecule has 0 amide bonds. The topological polar surface area (TPSA) is 23.4 Å². The predicted molar refractivity (Wildman–Crippen MR) is 220 cm³/mol. The number of nitrogens with one attached hydrogen (secondary N) is 1. The molecule has 1 heterocycles. The summed E-state index contributed by atoms with van der Waals surface area (Å²) in [5, 5.41) is 6.07. The second-order valence-electron chi connectivity index (χ2n) is 12.8. The smallest absolute Gasteiger partial charge is 0.0561 e. The molecule has 1 aromatic heterocycles. The van der Waals surface area contributed by atoms with E-state index in [2.05, 4.69) is 226 Å². The second-order valence-corrected chi connectivity index (χ2v) is 12.8. The number of benzene rings is 8. The summed E-state index contributed by atoms with van der Waals surface area (Å²) < 4.78 is 2.38. The molecule has 4 nitrogen and oxygen atoms in total. The van der Waals surface area contributed by atoms with E-state index in [4.69, 9.17) is 0 Å². The van der Waals surface area contributed by atoms with Gasteiger partial charge in [0, 0.05) is 62.0 Å². The molecule has 0 bridgehead atoms. The largest absolute Gasteiger partial charge is 0.355 e. The first-order valence-electron chi connectivity index (χ1n) is 17.6. The van der Waals surface area contributed by atoms with Crippen molar-refractivity contribution in [3.63, 3.8) is 0 Å². The van der Waals surface area contributed by atoms with E-state index in [1.165, 1.54) is 16.3 Å². The van der Waals surface area contributed by atoms with E-state index in [-0.39, 0.29) is 0 Å². The van der Waals surface area contributed by atoms with E-state index in [1.54, 1.807) is 0 Å². The maximum atomic E-state index is 3.61. The van der Waals surface area contributed by atoms with Gasteiger partial charge in [0.25, 0.3) is 0 Å². The van der Waals surface area contributed by atoms with Crippen LogP contribution in [-0.2, 0) is 0 Å². The zero-order valence-corrected chi connectivity index (χ0v) is 28.5. The summed E-state index contributed by atoms with van der Waals surface area (Å²) in [6, 6.07) is 75.1. The van der Waals surface area contributed by atoms with Gasteiger partial charge in [-0.25, -0.2) is 0 Å². The van der Waals surface area contributed by atoms with Crippen LogP contribution >= 0.6 is 0 Å². The highest BCUT2D eigenvalue weighted by Gasteiger charge is 2.20. The number of hydrogen-bond acceptors (Lipinski definition) is 3. The highest BCUT2D eigenvalue weighted by Crippen LogP contribution is 2.43. The molecule has 1 N–H and O–H groups in total. The summed E-state index contributed by atoms with van der Waals surface area (Å²) in [7, 11) is 0. The van der Waals surface area contributed by atoms with Gasteiger partial charge in [-0.3, -0.25) is 0 Å². The monoisotopic (exact) mass is 668 g/mol. The lowest BCUT2D eigenvalue weighted by Gasteiger charge is -2.29. The van der Waals surface area contributed by atoms with Crippen LogP contribution in [-0.4, -0.2) is 4.57 Å². The van der Waals surface area contributed by atoms with Crippen molar-refractivity contribution in [1.82, 2.24) is 4.57 Å². The molecule has 0 unspecified atom stereocenters. The Labute approximate surface area is 304 Å². The Bertz CT molecular complexity index is 2560. The first-order chi connectivity index (χ1) is 25.8. The molecule has 0 aliphatic rings. The van der Waals surface area contributed by atoms with E-state index in [9.17, 15) is 0 Å². The molecule has 0 saturated carbocycles. The van der Waals surface area contributed by atoms with Crippen LogP contribution in [0.3, 0.4) is 0 Å². The van der Waals surface area contributed by atoms with Crippen LogP contribution in [0.5, 0.6) is 0 Å². The van der Waals surface area contributed by atoms with Crippen LogP contribution in [0.2, 0.25) is 0 Å². The van der Waals surface area contributed by atoms with Crippen molar-refractivity contribution < 1.29 is 0 Å². The Morgan fingerprint density at radius 1 is 0.308 bits per heavy atom. The van der Waals surface area contributed by atoms with Crippen molar-refractivity contribution in [2.75, 3.05) is 15.1 Å². The predicted octanol–water partition coefficient (Wildman–Crippen LogP) is 13.5. The van der Waals surface area contributed by atoms with Crippen LogP contribution in [0.25, 0.3) is 27.5 Å². The van der Waals surface area contributed by atoms with Gasteiger partial charge in [0.05, 0.1) is 11.0 Å². The first kappa shape index (κ1) is 31.0. The summed E-state index contributed by atoms with van der Waals surface area (Å²) in [6.45, 7) is 0. The summed E-state index contributed by atoms with van der Waals surface area (Å²) in [5.41, 5.74) is 12.0. The van der Waals surface area contributed by atoms with E-state index >= 15 is 0 Å². The molecule has 0 spiro atoms. The van der Waals surface area contributed by atoms with Crippen molar-refractivity contribution >= 4 is 67.3 Å². The zero-order valence-electron chi connectivity index (χ0n) is 28.5. The number of hydrogen-bond donors (Lipinski definition) is 1. The van der Waals surface area contributed by atoms with Gasteiger partial charge in [-0.05, 0) is 103 Å². The Morgan fingerprint density at radius 2 is 0.769 bits per heavy atom. The number of anilines is 8. The van der Waals surface area contributed by atoms with Crippen molar-refractivity contribution in [1.29, 1.82) is 0 Å². The van der Waals surface area contributed by atoms with Crippen LogP contribution in [0.4, 0.5) is 45.5 Å².